The fourth-order valence-corrected chi connectivity index (χ4v) is 7.25. The highest BCUT2D eigenvalue weighted by molar-refractivity contribution is 6.09. The minimum absolute atomic E-state index is 0.563. The molecule has 4 heteroatoms. The van der Waals surface area contributed by atoms with Crippen LogP contribution in [0.2, 0.25) is 0 Å². The molecule has 0 unspecified atom stereocenters. The minimum Gasteiger partial charge on any atom is -0.455 e. The van der Waals surface area contributed by atoms with Gasteiger partial charge in [-0.25, -0.2) is 15.0 Å². The SMILES string of the molecule is c1ccc(-c2ccc(-c3ccc(-c4nc(-c5ccc(-c6cccc7ccccc67)cc5)nc(-c5cccc6c5oc5ccccc56)n4)cc3)cc2)cc1. The summed E-state index contributed by atoms with van der Waals surface area (Å²) >= 11 is 0. The molecule has 0 aliphatic rings. The zero-order chi connectivity index (χ0) is 35.1. The van der Waals surface area contributed by atoms with Crippen LogP contribution in [0, 0.1) is 0 Å². The fourth-order valence-electron chi connectivity index (χ4n) is 7.25. The molecule has 53 heavy (non-hydrogen) atoms. The fraction of sp³-hybridized carbons (Fsp3) is 0. The van der Waals surface area contributed by atoms with Crippen molar-refractivity contribution in [2.75, 3.05) is 0 Å². The van der Waals surface area contributed by atoms with Gasteiger partial charge in [0.2, 0.25) is 0 Å². The molecule has 8 aromatic carbocycles. The van der Waals surface area contributed by atoms with Crippen molar-refractivity contribution in [3.63, 3.8) is 0 Å². The van der Waals surface area contributed by atoms with Gasteiger partial charge in [0.05, 0.1) is 5.56 Å². The van der Waals surface area contributed by atoms with E-state index in [9.17, 15) is 0 Å². The number of fused-ring (bicyclic) bond motifs is 4. The van der Waals surface area contributed by atoms with E-state index in [0.29, 0.717) is 17.5 Å². The minimum atomic E-state index is 0.563. The van der Waals surface area contributed by atoms with E-state index >= 15 is 0 Å². The van der Waals surface area contributed by atoms with Gasteiger partial charge in [-0.1, -0.05) is 176 Å². The number of rotatable bonds is 6. The Morgan fingerprint density at radius 1 is 0.283 bits per heavy atom. The molecule has 0 saturated carbocycles. The van der Waals surface area contributed by atoms with Gasteiger partial charge in [0.1, 0.15) is 11.2 Å². The van der Waals surface area contributed by atoms with Gasteiger partial charge in [-0.05, 0) is 56.3 Å². The first kappa shape index (κ1) is 30.6. The van der Waals surface area contributed by atoms with E-state index in [1.165, 1.54) is 27.5 Å². The first-order valence-corrected chi connectivity index (χ1v) is 17.8. The molecule has 0 atom stereocenters. The van der Waals surface area contributed by atoms with E-state index in [2.05, 4.69) is 152 Å². The molecule has 0 bridgehead atoms. The van der Waals surface area contributed by atoms with Crippen molar-refractivity contribution in [2.45, 2.75) is 0 Å². The van der Waals surface area contributed by atoms with Crippen molar-refractivity contribution in [2.24, 2.45) is 0 Å². The van der Waals surface area contributed by atoms with Crippen LogP contribution in [-0.2, 0) is 0 Å². The molecule has 2 aromatic heterocycles. The average Bonchev–Trinajstić information content (AvgIpc) is 3.63. The molecule has 0 amide bonds. The molecular formula is C49H31N3O. The van der Waals surface area contributed by atoms with Gasteiger partial charge in [-0.15, -0.1) is 0 Å². The van der Waals surface area contributed by atoms with Crippen LogP contribution in [-0.4, -0.2) is 15.0 Å². The van der Waals surface area contributed by atoms with E-state index in [0.717, 1.165) is 55.3 Å². The Labute approximate surface area is 306 Å². The Morgan fingerprint density at radius 3 is 1.42 bits per heavy atom. The Balaban J connectivity index is 1.06. The van der Waals surface area contributed by atoms with Gasteiger partial charge >= 0.3 is 0 Å². The van der Waals surface area contributed by atoms with E-state index in [-0.39, 0.29) is 0 Å². The standard InChI is InChI=1S/C49H31N3O/c1-2-10-32(11-3-1)33-20-22-34(23-21-33)35-24-28-38(29-25-35)47-50-48(39-30-26-37(27-31-39)41-16-8-13-36-12-4-5-14-40(36)41)52-49(51-47)44-18-9-17-43-42-15-6-7-19-45(42)53-46(43)44/h1-31H. The van der Waals surface area contributed by atoms with Crippen LogP contribution in [0.25, 0.3) is 100 Å². The first-order chi connectivity index (χ1) is 26.2. The van der Waals surface area contributed by atoms with Crippen LogP contribution < -0.4 is 0 Å². The van der Waals surface area contributed by atoms with Crippen molar-refractivity contribution in [3.05, 3.63) is 188 Å². The lowest BCUT2D eigenvalue weighted by molar-refractivity contribution is 0.669. The molecule has 248 valence electrons. The molecule has 0 N–H and O–H groups in total. The van der Waals surface area contributed by atoms with Crippen LogP contribution in [0.1, 0.15) is 0 Å². The highest BCUT2D eigenvalue weighted by Gasteiger charge is 2.18. The Morgan fingerprint density at radius 2 is 0.736 bits per heavy atom. The smallest absolute Gasteiger partial charge is 0.167 e. The molecule has 0 aliphatic heterocycles. The van der Waals surface area contributed by atoms with Gasteiger partial charge in [-0.3, -0.25) is 0 Å². The van der Waals surface area contributed by atoms with Gasteiger partial charge < -0.3 is 4.42 Å². The van der Waals surface area contributed by atoms with Crippen LogP contribution in [0.4, 0.5) is 0 Å². The molecule has 10 rings (SSSR count). The summed E-state index contributed by atoms with van der Waals surface area (Å²) in [6.07, 6.45) is 0. The summed E-state index contributed by atoms with van der Waals surface area (Å²) in [5.74, 6) is 1.76. The lowest BCUT2D eigenvalue weighted by Crippen LogP contribution is -2.00. The predicted octanol–water partition coefficient (Wildman–Crippen LogP) is 12.9. The third-order valence-electron chi connectivity index (χ3n) is 9.99. The van der Waals surface area contributed by atoms with Crippen molar-refractivity contribution in [3.8, 4) is 67.5 Å². The number of benzene rings is 8. The molecule has 0 aliphatic carbocycles. The number of furan rings is 1. The van der Waals surface area contributed by atoms with Crippen molar-refractivity contribution < 1.29 is 4.42 Å². The van der Waals surface area contributed by atoms with Crippen LogP contribution in [0.3, 0.4) is 0 Å². The van der Waals surface area contributed by atoms with E-state index in [1.807, 2.05) is 36.4 Å². The number of para-hydroxylation sites is 2. The van der Waals surface area contributed by atoms with E-state index in [4.69, 9.17) is 19.4 Å². The lowest BCUT2D eigenvalue weighted by Gasteiger charge is -2.11. The Hall–Kier alpha value is -7.17. The summed E-state index contributed by atoms with van der Waals surface area (Å²) in [5, 5.41) is 4.54. The Kier molecular flexibility index (Phi) is 7.43. The normalized spacial score (nSPS) is 11.4. The van der Waals surface area contributed by atoms with Gasteiger partial charge in [0.15, 0.2) is 17.5 Å². The zero-order valence-corrected chi connectivity index (χ0v) is 28.6. The second-order valence-electron chi connectivity index (χ2n) is 13.2. The predicted molar refractivity (Wildman–Crippen MR) is 217 cm³/mol. The zero-order valence-electron chi connectivity index (χ0n) is 28.6. The number of hydrogen-bond donors (Lipinski definition) is 0. The molecule has 0 spiro atoms. The number of nitrogens with zero attached hydrogens (tertiary/aromatic N) is 3. The summed E-state index contributed by atoms with van der Waals surface area (Å²) in [5.41, 5.74) is 11.2. The highest BCUT2D eigenvalue weighted by Crippen LogP contribution is 2.37. The molecule has 10 aromatic rings. The van der Waals surface area contributed by atoms with Crippen molar-refractivity contribution >= 4 is 32.7 Å². The lowest BCUT2D eigenvalue weighted by atomic mass is 9.97. The van der Waals surface area contributed by atoms with Crippen molar-refractivity contribution in [1.29, 1.82) is 0 Å². The molecule has 2 heterocycles. The monoisotopic (exact) mass is 677 g/mol. The third-order valence-corrected chi connectivity index (χ3v) is 9.99. The topological polar surface area (TPSA) is 51.8 Å². The highest BCUT2D eigenvalue weighted by atomic mass is 16.3. The maximum Gasteiger partial charge on any atom is 0.167 e. The molecule has 4 nitrogen and oxygen atoms in total. The molecule has 0 fully saturated rings. The quantitative estimate of drug-likeness (QED) is 0.176. The first-order valence-electron chi connectivity index (χ1n) is 17.8. The molecule has 0 saturated heterocycles. The summed E-state index contributed by atoms with van der Waals surface area (Å²) in [6.45, 7) is 0. The maximum atomic E-state index is 6.43. The van der Waals surface area contributed by atoms with E-state index in [1.54, 1.807) is 0 Å². The van der Waals surface area contributed by atoms with Crippen molar-refractivity contribution in [1.82, 2.24) is 15.0 Å². The van der Waals surface area contributed by atoms with Crippen LogP contribution >= 0.6 is 0 Å². The summed E-state index contributed by atoms with van der Waals surface area (Å²) in [7, 11) is 0. The van der Waals surface area contributed by atoms with Crippen LogP contribution in [0.15, 0.2) is 192 Å². The van der Waals surface area contributed by atoms with Gasteiger partial charge in [0.25, 0.3) is 0 Å². The Bertz CT molecular complexity index is 2910. The van der Waals surface area contributed by atoms with Gasteiger partial charge in [0, 0.05) is 21.9 Å². The second kappa shape index (κ2) is 12.9. The maximum absolute atomic E-state index is 6.43. The number of hydrogen-bond acceptors (Lipinski definition) is 4. The second-order valence-corrected chi connectivity index (χ2v) is 13.2. The van der Waals surface area contributed by atoms with Crippen LogP contribution in [0.5, 0.6) is 0 Å². The summed E-state index contributed by atoms with van der Waals surface area (Å²) < 4.78 is 6.43. The summed E-state index contributed by atoms with van der Waals surface area (Å²) in [6, 6.07) is 65.3. The number of aromatic nitrogens is 3. The third kappa shape index (κ3) is 5.63. The largest absolute Gasteiger partial charge is 0.455 e. The molecule has 0 radical (unpaired) electrons. The van der Waals surface area contributed by atoms with E-state index < -0.39 is 0 Å². The average molecular weight is 678 g/mol. The summed E-state index contributed by atoms with van der Waals surface area (Å²) in [4.78, 5) is 15.2. The van der Waals surface area contributed by atoms with Gasteiger partial charge in [-0.2, -0.15) is 0 Å². The molecular weight excluding hydrogens is 647 g/mol.